The first-order chi connectivity index (χ1) is 11.4. The molecule has 1 aromatic heterocycles. The van der Waals surface area contributed by atoms with Crippen LogP contribution in [0.4, 0.5) is 5.69 Å². The van der Waals surface area contributed by atoms with Crippen LogP contribution in [0.2, 0.25) is 0 Å². The third-order valence-corrected chi connectivity index (χ3v) is 6.20. The lowest BCUT2D eigenvalue weighted by molar-refractivity contribution is 0.276. The van der Waals surface area contributed by atoms with Crippen molar-refractivity contribution in [3.8, 4) is 0 Å². The predicted octanol–water partition coefficient (Wildman–Crippen LogP) is 2.16. The number of anilines is 1. The molecule has 3 rings (SSSR count). The summed E-state index contributed by atoms with van der Waals surface area (Å²) in [6, 6.07) is 7.89. The van der Waals surface area contributed by atoms with Crippen LogP contribution in [0, 0.1) is 0 Å². The van der Waals surface area contributed by atoms with E-state index < -0.39 is 15.3 Å². The van der Waals surface area contributed by atoms with Gasteiger partial charge < -0.3 is 0 Å². The number of fused-ring (bicyclic) bond motifs is 1. The van der Waals surface area contributed by atoms with Gasteiger partial charge in [-0.15, -0.1) is 0 Å². The minimum Gasteiger partial charge on any atom is -0.297 e. The van der Waals surface area contributed by atoms with Crippen LogP contribution in [0.3, 0.4) is 0 Å². The minimum atomic E-state index is -3.30. The number of nitrogens with one attached hydrogen (secondary N) is 2. The number of rotatable bonds is 5. The van der Waals surface area contributed by atoms with Gasteiger partial charge in [-0.1, -0.05) is 6.07 Å². The number of aromatic nitrogens is 2. The monoisotopic (exact) mass is 348 g/mol. The fraction of sp³-hybridized carbons (Fsp3) is 0.471. The fourth-order valence-corrected chi connectivity index (χ4v) is 3.58. The number of sulfonamides is 1. The molecule has 130 valence electrons. The first-order valence-electron chi connectivity index (χ1n) is 8.28. The molecule has 0 saturated carbocycles. The van der Waals surface area contributed by atoms with E-state index in [1.165, 1.54) is 11.1 Å². The predicted molar refractivity (Wildman–Crippen MR) is 95.4 cm³/mol. The van der Waals surface area contributed by atoms with Gasteiger partial charge in [-0.05, 0) is 56.0 Å². The maximum Gasteiger partial charge on any atom is 0.235 e. The van der Waals surface area contributed by atoms with Crippen LogP contribution in [-0.4, -0.2) is 41.9 Å². The molecule has 0 atom stereocenters. The van der Waals surface area contributed by atoms with E-state index >= 15 is 0 Å². The van der Waals surface area contributed by atoms with Gasteiger partial charge in [0.1, 0.15) is 0 Å². The van der Waals surface area contributed by atoms with Crippen molar-refractivity contribution < 1.29 is 8.42 Å². The van der Waals surface area contributed by atoms with E-state index in [-0.39, 0.29) is 0 Å². The molecule has 0 spiro atoms. The number of benzene rings is 1. The first kappa shape index (κ1) is 17.0. The third-order valence-electron chi connectivity index (χ3n) is 4.43. The topological polar surface area (TPSA) is 78.1 Å². The van der Waals surface area contributed by atoms with Gasteiger partial charge in [0.2, 0.25) is 10.0 Å². The molecular weight excluding hydrogens is 324 g/mol. The van der Waals surface area contributed by atoms with Crippen molar-refractivity contribution in [1.82, 2.24) is 15.1 Å². The zero-order chi connectivity index (χ0) is 17.2. The lowest BCUT2D eigenvalue weighted by Gasteiger charge is -2.18. The number of H-pyrrole nitrogens is 1. The van der Waals surface area contributed by atoms with Gasteiger partial charge in [0.15, 0.2) is 0 Å². The molecule has 0 amide bonds. The summed E-state index contributed by atoms with van der Waals surface area (Å²) in [5.41, 5.74) is 4.30. The Morgan fingerprint density at radius 2 is 1.96 bits per heavy atom. The van der Waals surface area contributed by atoms with Crippen molar-refractivity contribution in [2.75, 3.05) is 17.8 Å². The minimum absolute atomic E-state index is 0.443. The molecular formula is C17H24N4O2S. The Morgan fingerprint density at radius 3 is 2.62 bits per heavy atom. The van der Waals surface area contributed by atoms with Crippen molar-refractivity contribution in [2.24, 2.45) is 0 Å². The Balaban J connectivity index is 1.70. The van der Waals surface area contributed by atoms with Gasteiger partial charge >= 0.3 is 0 Å². The van der Waals surface area contributed by atoms with Crippen molar-refractivity contribution in [1.29, 1.82) is 0 Å². The number of aromatic amines is 1. The quantitative estimate of drug-likeness (QED) is 0.868. The Hall–Kier alpha value is -1.86. The molecule has 0 unspecified atom stereocenters. The number of nitrogens with zero attached hydrogens (tertiary/aromatic N) is 2. The van der Waals surface area contributed by atoms with E-state index in [4.69, 9.17) is 0 Å². The van der Waals surface area contributed by atoms with E-state index in [1.807, 2.05) is 24.3 Å². The third kappa shape index (κ3) is 3.96. The van der Waals surface area contributed by atoms with Crippen LogP contribution < -0.4 is 4.72 Å². The fourth-order valence-electron chi connectivity index (χ4n) is 2.89. The van der Waals surface area contributed by atoms with Gasteiger partial charge in [-0.25, -0.2) is 8.42 Å². The molecule has 6 nitrogen and oxygen atoms in total. The lowest BCUT2D eigenvalue weighted by Crippen LogP contribution is -2.26. The second kappa shape index (κ2) is 6.94. The van der Waals surface area contributed by atoms with E-state index in [1.54, 1.807) is 20.0 Å². The lowest BCUT2D eigenvalue weighted by atomic mass is 10.0. The zero-order valence-corrected chi connectivity index (χ0v) is 14.9. The van der Waals surface area contributed by atoms with Crippen molar-refractivity contribution in [3.05, 3.63) is 47.3 Å². The van der Waals surface area contributed by atoms with Crippen LogP contribution in [0.15, 0.2) is 30.5 Å². The van der Waals surface area contributed by atoms with Crippen molar-refractivity contribution in [2.45, 2.75) is 38.5 Å². The number of hydrogen-bond acceptors (Lipinski definition) is 4. The normalized spacial score (nSPS) is 16.0. The summed E-state index contributed by atoms with van der Waals surface area (Å²) in [7, 11) is -3.30. The van der Waals surface area contributed by atoms with E-state index in [0.717, 1.165) is 38.2 Å². The van der Waals surface area contributed by atoms with Gasteiger partial charge in [0.05, 0.1) is 5.25 Å². The van der Waals surface area contributed by atoms with Gasteiger partial charge in [-0.3, -0.25) is 14.7 Å². The first-order valence-corrected chi connectivity index (χ1v) is 9.83. The molecule has 0 radical (unpaired) electrons. The molecule has 1 aliphatic heterocycles. The Bertz CT molecular complexity index is 785. The van der Waals surface area contributed by atoms with Crippen molar-refractivity contribution in [3.63, 3.8) is 0 Å². The average Bonchev–Trinajstić information content (AvgIpc) is 2.95. The molecule has 0 aliphatic carbocycles. The maximum absolute atomic E-state index is 12.0. The molecule has 1 aliphatic rings. The van der Waals surface area contributed by atoms with E-state index in [0.29, 0.717) is 5.69 Å². The van der Waals surface area contributed by atoms with Gasteiger partial charge in [0, 0.05) is 37.2 Å². The SMILES string of the molecule is CC(C)S(=O)(=O)Nc1ccc2c(c1)CCN(Cc1ccn[nH]1)CC2. The second-order valence-corrected chi connectivity index (χ2v) is 8.77. The van der Waals surface area contributed by atoms with Crippen LogP contribution in [0.5, 0.6) is 0 Å². The molecule has 0 fully saturated rings. The molecule has 0 saturated heterocycles. The Labute approximate surface area is 143 Å². The largest absolute Gasteiger partial charge is 0.297 e. The highest BCUT2D eigenvalue weighted by atomic mass is 32.2. The summed E-state index contributed by atoms with van der Waals surface area (Å²) in [6.45, 7) is 6.16. The highest BCUT2D eigenvalue weighted by Crippen LogP contribution is 2.22. The summed E-state index contributed by atoms with van der Waals surface area (Å²) in [5.74, 6) is 0. The maximum atomic E-state index is 12.0. The number of hydrogen-bond donors (Lipinski definition) is 2. The summed E-state index contributed by atoms with van der Waals surface area (Å²) in [6.07, 6.45) is 3.66. The molecule has 7 heteroatoms. The van der Waals surface area contributed by atoms with E-state index in [2.05, 4.69) is 19.8 Å². The molecule has 2 N–H and O–H groups in total. The summed E-state index contributed by atoms with van der Waals surface area (Å²) < 4.78 is 26.8. The van der Waals surface area contributed by atoms with Crippen LogP contribution >= 0.6 is 0 Å². The van der Waals surface area contributed by atoms with Gasteiger partial charge in [0.25, 0.3) is 0 Å². The standard InChI is InChI=1S/C17H24N4O2S/c1-13(2)24(22,23)20-16-4-3-14-6-9-21(10-7-15(14)11-16)12-17-5-8-18-19-17/h3-5,8,11,13,20H,6-7,9-10,12H2,1-2H3,(H,18,19). The highest BCUT2D eigenvalue weighted by molar-refractivity contribution is 7.93. The van der Waals surface area contributed by atoms with Crippen LogP contribution in [0.1, 0.15) is 30.7 Å². The zero-order valence-electron chi connectivity index (χ0n) is 14.1. The summed E-state index contributed by atoms with van der Waals surface area (Å²) in [5, 5.41) is 6.55. The second-order valence-electron chi connectivity index (χ2n) is 6.54. The summed E-state index contributed by atoms with van der Waals surface area (Å²) in [4.78, 5) is 2.39. The average molecular weight is 348 g/mol. The molecule has 24 heavy (non-hydrogen) atoms. The Kier molecular flexibility index (Phi) is 4.91. The van der Waals surface area contributed by atoms with E-state index in [9.17, 15) is 8.42 Å². The van der Waals surface area contributed by atoms with Gasteiger partial charge in [-0.2, -0.15) is 5.10 Å². The Morgan fingerprint density at radius 1 is 1.21 bits per heavy atom. The molecule has 1 aromatic carbocycles. The molecule has 0 bridgehead atoms. The van der Waals surface area contributed by atoms with Crippen LogP contribution in [-0.2, 0) is 29.4 Å². The van der Waals surface area contributed by atoms with Crippen LogP contribution in [0.25, 0.3) is 0 Å². The summed E-state index contributed by atoms with van der Waals surface area (Å²) >= 11 is 0. The molecule has 2 heterocycles. The van der Waals surface area contributed by atoms with Crippen molar-refractivity contribution >= 4 is 15.7 Å². The highest BCUT2D eigenvalue weighted by Gasteiger charge is 2.18. The molecule has 2 aromatic rings. The smallest absolute Gasteiger partial charge is 0.235 e.